The minimum Gasteiger partial charge on any atom is -0.452 e. The Hall–Kier alpha value is -2.20. The Bertz CT molecular complexity index is 898. The van der Waals surface area contributed by atoms with Crippen molar-refractivity contribution >= 4 is 33.3 Å². The molecule has 1 amide bonds. The zero-order chi connectivity index (χ0) is 19.2. The van der Waals surface area contributed by atoms with Crippen LogP contribution in [0.5, 0.6) is 0 Å². The Labute approximate surface area is 156 Å². The largest absolute Gasteiger partial charge is 0.452 e. The van der Waals surface area contributed by atoms with Crippen LogP contribution in [-0.4, -0.2) is 47.8 Å². The highest BCUT2D eigenvalue weighted by Gasteiger charge is 2.39. The third-order valence-corrected chi connectivity index (χ3v) is 5.89. The third kappa shape index (κ3) is 3.91. The number of aromatic nitrogens is 1. The van der Waals surface area contributed by atoms with Crippen molar-refractivity contribution in [1.29, 1.82) is 0 Å². The van der Waals surface area contributed by atoms with Crippen molar-refractivity contribution in [3.63, 3.8) is 0 Å². The molecule has 2 aromatic rings. The van der Waals surface area contributed by atoms with Crippen LogP contribution in [0.4, 0.5) is 13.2 Å². The van der Waals surface area contributed by atoms with Crippen molar-refractivity contribution in [2.75, 3.05) is 6.61 Å². The lowest BCUT2D eigenvalue weighted by atomic mass is 9.95. The first kappa shape index (κ1) is 18.2. The van der Waals surface area contributed by atoms with Gasteiger partial charge in [0.05, 0.1) is 4.70 Å². The highest BCUT2D eigenvalue weighted by atomic mass is 32.1. The summed E-state index contributed by atoms with van der Waals surface area (Å²) in [4.78, 5) is 28.4. The number of hydrogen-bond donors (Lipinski definition) is 2. The van der Waals surface area contributed by atoms with Gasteiger partial charge in [0.1, 0.15) is 10.6 Å². The van der Waals surface area contributed by atoms with Gasteiger partial charge >= 0.3 is 12.1 Å². The topological polar surface area (TPSA) is 80.3 Å². The van der Waals surface area contributed by atoms with Crippen LogP contribution < -0.4 is 10.6 Å². The first-order chi connectivity index (χ1) is 12.8. The van der Waals surface area contributed by atoms with Crippen LogP contribution in [0.25, 0.3) is 10.1 Å². The molecule has 4 rings (SSSR count). The number of nitrogens with zero attached hydrogens (tertiary/aromatic N) is 1. The average Bonchev–Trinajstić information content (AvgIpc) is 3.32. The summed E-state index contributed by atoms with van der Waals surface area (Å²) in [5.41, 5.74) is 0.207. The van der Waals surface area contributed by atoms with E-state index in [9.17, 15) is 22.8 Å². The number of ether oxygens (including phenoxy) is 1. The molecule has 2 fully saturated rings. The summed E-state index contributed by atoms with van der Waals surface area (Å²) in [6.07, 6.45) is -0.0755. The molecule has 4 heterocycles. The van der Waals surface area contributed by atoms with Gasteiger partial charge in [0.15, 0.2) is 6.61 Å². The predicted octanol–water partition coefficient (Wildman–Crippen LogP) is 2.64. The Morgan fingerprint density at radius 3 is 2.81 bits per heavy atom. The van der Waals surface area contributed by atoms with Crippen molar-refractivity contribution in [3.05, 3.63) is 28.9 Å². The van der Waals surface area contributed by atoms with Crippen molar-refractivity contribution in [1.82, 2.24) is 15.6 Å². The highest BCUT2D eigenvalue weighted by molar-refractivity contribution is 7.20. The number of carbonyl (C=O) groups is 2. The normalized spacial score (nSPS) is 24.3. The molecule has 2 aromatic heterocycles. The van der Waals surface area contributed by atoms with E-state index in [1.807, 2.05) is 0 Å². The van der Waals surface area contributed by atoms with Crippen molar-refractivity contribution < 1.29 is 27.5 Å². The van der Waals surface area contributed by atoms with Gasteiger partial charge in [0.25, 0.3) is 5.91 Å². The van der Waals surface area contributed by atoms with E-state index >= 15 is 0 Å². The molecule has 2 saturated heterocycles. The molecule has 2 aliphatic rings. The molecule has 0 unspecified atom stereocenters. The van der Waals surface area contributed by atoms with Gasteiger partial charge < -0.3 is 15.4 Å². The van der Waals surface area contributed by atoms with Gasteiger partial charge in [-0.05, 0) is 36.8 Å². The summed E-state index contributed by atoms with van der Waals surface area (Å²) >= 11 is 0.973. The smallest absolute Gasteiger partial charge is 0.422 e. The summed E-state index contributed by atoms with van der Waals surface area (Å²) in [6.45, 7) is -1.64. The van der Waals surface area contributed by atoms with Gasteiger partial charge in [0, 0.05) is 24.3 Å². The minimum atomic E-state index is -4.58. The lowest BCUT2D eigenvalue weighted by molar-refractivity contribution is -0.161. The molecular weight excluding hydrogens is 383 g/mol. The maximum atomic E-state index is 12.5. The van der Waals surface area contributed by atoms with Crippen LogP contribution in [0.2, 0.25) is 0 Å². The van der Waals surface area contributed by atoms with Crippen LogP contribution in [0.3, 0.4) is 0 Å². The van der Waals surface area contributed by atoms with Gasteiger partial charge in [0.2, 0.25) is 0 Å². The molecule has 10 heteroatoms. The van der Waals surface area contributed by atoms with E-state index in [0.717, 1.165) is 30.6 Å². The molecule has 0 spiro atoms. The number of fused-ring (bicyclic) bond motifs is 3. The zero-order valence-electron chi connectivity index (χ0n) is 14.0. The molecule has 6 nitrogen and oxygen atoms in total. The van der Waals surface area contributed by atoms with E-state index in [0.29, 0.717) is 22.2 Å². The number of carbonyl (C=O) groups excluding carboxylic acids is 2. The number of thiophene rings is 1. The second-order valence-corrected chi connectivity index (χ2v) is 7.86. The number of rotatable bonds is 4. The Kier molecular flexibility index (Phi) is 4.55. The van der Waals surface area contributed by atoms with E-state index < -0.39 is 18.8 Å². The molecule has 144 valence electrons. The van der Waals surface area contributed by atoms with Gasteiger partial charge in [-0.2, -0.15) is 13.2 Å². The van der Waals surface area contributed by atoms with Crippen LogP contribution in [0, 0.1) is 0 Å². The monoisotopic (exact) mass is 399 g/mol. The van der Waals surface area contributed by atoms with Crippen LogP contribution in [-0.2, 0) is 4.74 Å². The van der Waals surface area contributed by atoms with E-state index in [2.05, 4.69) is 20.4 Å². The number of hydrogen-bond acceptors (Lipinski definition) is 6. The van der Waals surface area contributed by atoms with Gasteiger partial charge in [-0.3, -0.25) is 4.79 Å². The first-order valence-electron chi connectivity index (χ1n) is 8.49. The summed E-state index contributed by atoms with van der Waals surface area (Å²) in [5, 5.41) is 6.98. The molecule has 0 aliphatic carbocycles. The van der Waals surface area contributed by atoms with Gasteiger partial charge in [-0.1, -0.05) is 0 Å². The van der Waals surface area contributed by atoms with Crippen LogP contribution in [0.1, 0.15) is 39.4 Å². The summed E-state index contributed by atoms with van der Waals surface area (Å²) < 4.78 is 41.4. The molecule has 0 saturated carbocycles. The lowest BCUT2D eigenvalue weighted by Gasteiger charge is -2.21. The number of pyridine rings is 1. The molecule has 3 atom stereocenters. The Morgan fingerprint density at radius 1 is 1.33 bits per heavy atom. The molecule has 27 heavy (non-hydrogen) atoms. The number of nitrogens with one attached hydrogen (secondary N) is 2. The van der Waals surface area contributed by atoms with Crippen LogP contribution in [0.15, 0.2) is 18.3 Å². The Balaban J connectivity index is 1.45. The maximum absolute atomic E-state index is 12.5. The summed E-state index contributed by atoms with van der Waals surface area (Å²) in [7, 11) is 0. The molecule has 0 aromatic carbocycles. The Morgan fingerprint density at radius 2 is 2.15 bits per heavy atom. The fourth-order valence-corrected chi connectivity index (χ4v) is 4.52. The summed E-state index contributed by atoms with van der Waals surface area (Å²) in [6, 6.07) is 3.76. The SMILES string of the molecule is O=C(N[C@@H]1C[C@H]2CC[C@@H]1N2)c1cc2cc(C(=O)OCC(F)(F)F)sc2cn1. The number of esters is 1. The molecule has 2 bridgehead atoms. The minimum absolute atomic E-state index is 0.0333. The van der Waals surface area contributed by atoms with Crippen molar-refractivity contribution in [3.8, 4) is 0 Å². The molecule has 2 aliphatic heterocycles. The highest BCUT2D eigenvalue weighted by Crippen LogP contribution is 2.29. The quantitative estimate of drug-likeness (QED) is 0.773. The lowest BCUT2D eigenvalue weighted by Crippen LogP contribution is -2.43. The third-order valence-electron chi connectivity index (χ3n) is 4.82. The van der Waals surface area contributed by atoms with Gasteiger partial charge in [-0.15, -0.1) is 11.3 Å². The molecule has 0 radical (unpaired) electrons. The van der Waals surface area contributed by atoms with E-state index in [4.69, 9.17) is 0 Å². The average molecular weight is 399 g/mol. The second-order valence-electron chi connectivity index (χ2n) is 6.77. The first-order valence-corrected chi connectivity index (χ1v) is 9.30. The number of alkyl halides is 3. The zero-order valence-corrected chi connectivity index (χ0v) is 14.8. The van der Waals surface area contributed by atoms with Crippen molar-refractivity contribution in [2.24, 2.45) is 0 Å². The molecular formula is C17H16F3N3O3S. The summed E-state index contributed by atoms with van der Waals surface area (Å²) in [5.74, 6) is -1.35. The van der Waals surface area contributed by atoms with E-state index in [-0.39, 0.29) is 22.5 Å². The van der Waals surface area contributed by atoms with E-state index in [1.54, 1.807) is 0 Å². The fraction of sp³-hybridized carbons (Fsp3) is 0.471. The van der Waals surface area contributed by atoms with E-state index in [1.165, 1.54) is 18.3 Å². The maximum Gasteiger partial charge on any atom is 0.422 e. The fourth-order valence-electron chi connectivity index (χ4n) is 3.61. The van der Waals surface area contributed by atoms with Crippen LogP contribution >= 0.6 is 11.3 Å². The van der Waals surface area contributed by atoms with Gasteiger partial charge in [-0.25, -0.2) is 9.78 Å². The number of halogens is 3. The molecule has 2 N–H and O–H groups in total. The number of amides is 1. The second kappa shape index (κ2) is 6.75. The van der Waals surface area contributed by atoms with Crippen molar-refractivity contribution in [2.45, 2.75) is 43.6 Å². The standard InChI is InChI=1S/C17H16F3N3O3S/c18-17(19,20)7-26-16(25)13-4-8-3-12(21-6-14(8)27-13)15(24)23-11-5-9-1-2-10(11)22-9/h3-4,6,9-11,22H,1-2,5,7H2,(H,23,24)/t9-,10+,11-/m1/s1. The predicted molar refractivity (Wildman–Crippen MR) is 91.8 cm³/mol.